The smallest absolute Gasteiger partial charge is 0.221 e. The van der Waals surface area contributed by atoms with Crippen LogP contribution >= 0.6 is 0 Å². The van der Waals surface area contributed by atoms with Crippen molar-refractivity contribution in [2.45, 2.75) is 25.4 Å². The first-order valence-corrected chi connectivity index (χ1v) is 7.04. The van der Waals surface area contributed by atoms with Crippen molar-refractivity contribution < 1.29 is 13.6 Å². The molecule has 0 heterocycles. The van der Waals surface area contributed by atoms with Crippen molar-refractivity contribution in [3.05, 3.63) is 71.3 Å². The van der Waals surface area contributed by atoms with Gasteiger partial charge in [-0.15, -0.1) is 0 Å². The molecular formula is C17H18F2N2O. The SMILES string of the molecule is N[C@@H](CC(=O)NCc1cccc(F)c1)Cc1ccccc1F. The van der Waals surface area contributed by atoms with Gasteiger partial charge < -0.3 is 11.1 Å². The summed E-state index contributed by atoms with van der Waals surface area (Å²) in [6.45, 7) is 0.239. The second-order valence-corrected chi connectivity index (χ2v) is 5.17. The lowest BCUT2D eigenvalue weighted by atomic mass is 10.0. The zero-order valence-electron chi connectivity index (χ0n) is 12.1. The first-order valence-electron chi connectivity index (χ1n) is 7.04. The zero-order chi connectivity index (χ0) is 15.9. The fourth-order valence-electron chi connectivity index (χ4n) is 2.18. The van der Waals surface area contributed by atoms with Crippen LogP contribution in [0.4, 0.5) is 8.78 Å². The molecule has 0 radical (unpaired) electrons. The highest BCUT2D eigenvalue weighted by Crippen LogP contribution is 2.10. The van der Waals surface area contributed by atoms with Crippen molar-refractivity contribution in [2.24, 2.45) is 5.73 Å². The third-order valence-electron chi connectivity index (χ3n) is 3.27. The number of carbonyl (C=O) groups excluding carboxylic acids is 1. The van der Waals surface area contributed by atoms with Crippen LogP contribution in [-0.2, 0) is 17.8 Å². The average molecular weight is 304 g/mol. The predicted octanol–water partition coefficient (Wildman–Crippen LogP) is 2.54. The van der Waals surface area contributed by atoms with Crippen LogP contribution < -0.4 is 11.1 Å². The van der Waals surface area contributed by atoms with E-state index in [2.05, 4.69) is 5.32 Å². The van der Waals surface area contributed by atoms with Crippen LogP contribution in [0.2, 0.25) is 0 Å². The molecule has 0 aliphatic heterocycles. The normalized spacial score (nSPS) is 12.0. The zero-order valence-corrected chi connectivity index (χ0v) is 12.1. The summed E-state index contributed by atoms with van der Waals surface area (Å²) in [6.07, 6.45) is 0.379. The highest BCUT2D eigenvalue weighted by molar-refractivity contribution is 5.76. The van der Waals surface area contributed by atoms with E-state index < -0.39 is 6.04 Å². The minimum Gasteiger partial charge on any atom is -0.352 e. The largest absolute Gasteiger partial charge is 0.352 e. The molecule has 22 heavy (non-hydrogen) atoms. The Morgan fingerprint density at radius 2 is 1.91 bits per heavy atom. The molecular weight excluding hydrogens is 286 g/mol. The number of benzene rings is 2. The predicted molar refractivity (Wildman–Crippen MR) is 80.9 cm³/mol. The molecule has 0 unspecified atom stereocenters. The Hall–Kier alpha value is -2.27. The first kappa shape index (κ1) is 16.1. The van der Waals surface area contributed by atoms with Crippen molar-refractivity contribution in [1.82, 2.24) is 5.32 Å². The third-order valence-corrected chi connectivity index (χ3v) is 3.27. The first-order chi connectivity index (χ1) is 10.5. The molecule has 2 aromatic rings. The number of rotatable bonds is 6. The van der Waals surface area contributed by atoms with Gasteiger partial charge in [-0.25, -0.2) is 8.78 Å². The minimum atomic E-state index is -0.468. The van der Waals surface area contributed by atoms with Crippen molar-refractivity contribution >= 4 is 5.91 Å². The van der Waals surface area contributed by atoms with E-state index in [-0.39, 0.29) is 30.5 Å². The van der Waals surface area contributed by atoms with Crippen molar-refractivity contribution in [2.75, 3.05) is 0 Å². The van der Waals surface area contributed by atoms with Gasteiger partial charge in [-0.05, 0) is 35.7 Å². The fourth-order valence-corrected chi connectivity index (χ4v) is 2.18. The van der Waals surface area contributed by atoms with Crippen molar-refractivity contribution in [1.29, 1.82) is 0 Å². The van der Waals surface area contributed by atoms with Gasteiger partial charge in [0.15, 0.2) is 0 Å². The molecule has 5 heteroatoms. The van der Waals surface area contributed by atoms with Gasteiger partial charge in [-0.3, -0.25) is 4.79 Å². The lowest BCUT2D eigenvalue weighted by molar-refractivity contribution is -0.121. The monoisotopic (exact) mass is 304 g/mol. The van der Waals surface area contributed by atoms with Gasteiger partial charge in [0.1, 0.15) is 11.6 Å². The van der Waals surface area contributed by atoms with Crippen molar-refractivity contribution in [3.8, 4) is 0 Å². The Morgan fingerprint density at radius 1 is 1.14 bits per heavy atom. The molecule has 0 fully saturated rings. The second-order valence-electron chi connectivity index (χ2n) is 5.17. The summed E-state index contributed by atoms with van der Waals surface area (Å²) in [5, 5.41) is 2.68. The summed E-state index contributed by atoms with van der Waals surface area (Å²) in [7, 11) is 0. The van der Waals surface area contributed by atoms with E-state index in [1.807, 2.05) is 0 Å². The maximum atomic E-state index is 13.5. The Balaban J connectivity index is 1.80. The lowest BCUT2D eigenvalue weighted by Gasteiger charge is -2.12. The van der Waals surface area contributed by atoms with E-state index >= 15 is 0 Å². The molecule has 0 aliphatic carbocycles. The standard InChI is InChI=1S/C17H18F2N2O/c18-14-6-3-4-12(8-14)11-21-17(22)10-15(20)9-13-5-1-2-7-16(13)19/h1-8,15H,9-11,20H2,(H,21,22)/t15-/m1/s1. The van der Waals surface area contributed by atoms with Crippen LogP contribution in [0.25, 0.3) is 0 Å². The van der Waals surface area contributed by atoms with Crippen LogP contribution in [0.15, 0.2) is 48.5 Å². The Labute approximate surface area is 128 Å². The number of nitrogens with two attached hydrogens (primary N) is 1. The summed E-state index contributed by atoms with van der Waals surface area (Å²) in [6, 6.07) is 11.9. The Bertz CT molecular complexity index is 646. The van der Waals surface area contributed by atoms with E-state index in [1.54, 1.807) is 30.3 Å². The number of hydrogen-bond donors (Lipinski definition) is 2. The third kappa shape index (κ3) is 4.93. The minimum absolute atomic E-state index is 0.0870. The van der Waals surface area contributed by atoms with E-state index in [4.69, 9.17) is 5.73 Å². The maximum absolute atomic E-state index is 13.5. The number of carbonyl (C=O) groups is 1. The molecule has 0 saturated heterocycles. The molecule has 0 saturated carbocycles. The van der Waals surface area contributed by atoms with Gasteiger partial charge in [0, 0.05) is 19.0 Å². The molecule has 3 nitrogen and oxygen atoms in total. The van der Waals surface area contributed by atoms with E-state index in [9.17, 15) is 13.6 Å². The summed E-state index contributed by atoms with van der Waals surface area (Å²) in [4.78, 5) is 11.8. The molecule has 2 rings (SSSR count). The number of hydrogen-bond acceptors (Lipinski definition) is 2. The quantitative estimate of drug-likeness (QED) is 0.861. The average Bonchev–Trinajstić information content (AvgIpc) is 2.47. The maximum Gasteiger partial charge on any atom is 0.221 e. The van der Waals surface area contributed by atoms with Crippen LogP contribution in [0.1, 0.15) is 17.5 Å². The van der Waals surface area contributed by atoms with E-state index in [0.717, 1.165) is 0 Å². The molecule has 0 bridgehead atoms. The Morgan fingerprint density at radius 3 is 2.64 bits per heavy atom. The molecule has 3 N–H and O–H groups in total. The van der Waals surface area contributed by atoms with Crippen LogP contribution in [0.3, 0.4) is 0 Å². The van der Waals surface area contributed by atoms with E-state index in [0.29, 0.717) is 17.5 Å². The number of nitrogens with one attached hydrogen (secondary N) is 1. The molecule has 1 amide bonds. The van der Waals surface area contributed by atoms with Crippen LogP contribution in [-0.4, -0.2) is 11.9 Å². The van der Waals surface area contributed by atoms with Gasteiger partial charge >= 0.3 is 0 Å². The number of amides is 1. The summed E-state index contributed by atoms with van der Waals surface area (Å²) in [5.74, 6) is -0.908. The van der Waals surface area contributed by atoms with Crippen LogP contribution in [0, 0.1) is 11.6 Å². The van der Waals surface area contributed by atoms with Gasteiger partial charge in [0.25, 0.3) is 0 Å². The van der Waals surface area contributed by atoms with Gasteiger partial charge in [-0.2, -0.15) is 0 Å². The van der Waals surface area contributed by atoms with Crippen molar-refractivity contribution in [3.63, 3.8) is 0 Å². The summed E-state index contributed by atoms with van der Waals surface area (Å²) < 4.78 is 26.5. The van der Waals surface area contributed by atoms with Gasteiger partial charge in [0.2, 0.25) is 5.91 Å². The topological polar surface area (TPSA) is 55.1 Å². The lowest BCUT2D eigenvalue weighted by Crippen LogP contribution is -2.33. The molecule has 0 aliphatic rings. The highest BCUT2D eigenvalue weighted by Gasteiger charge is 2.12. The summed E-state index contributed by atoms with van der Waals surface area (Å²) in [5.41, 5.74) is 7.05. The molecule has 0 spiro atoms. The molecule has 2 aromatic carbocycles. The molecule has 1 atom stereocenters. The fraction of sp³-hybridized carbons (Fsp3) is 0.235. The molecule has 0 aromatic heterocycles. The number of halogens is 2. The van der Waals surface area contributed by atoms with Crippen LogP contribution in [0.5, 0.6) is 0 Å². The Kier molecular flexibility index (Phi) is 5.61. The van der Waals surface area contributed by atoms with Gasteiger partial charge in [0.05, 0.1) is 0 Å². The highest BCUT2D eigenvalue weighted by atomic mass is 19.1. The van der Waals surface area contributed by atoms with Gasteiger partial charge in [-0.1, -0.05) is 30.3 Å². The van der Waals surface area contributed by atoms with E-state index in [1.165, 1.54) is 18.2 Å². The molecule has 116 valence electrons. The summed E-state index contributed by atoms with van der Waals surface area (Å²) >= 11 is 0. The second kappa shape index (κ2) is 7.66.